The molecular formula is C15H18ClN3. The molecule has 1 unspecified atom stereocenters. The molecule has 0 aromatic heterocycles. The molecule has 2 rings (SSSR count). The molecule has 0 saturated carbocycles. The fourth-order valence-corrected chi connectivity index (χ4v) is 2.44. The number of benzene rings is 2. The van der Waals surface area contributed by atoms with Crippen LogP contribution in [0.4, 0.5) is 5.69 Å². The second-order valence-corrected chi connectivity index (χ2v) is 5.05. The summed E-state index contributed by atoms with van der Waals surface area (Å²) in [6, 6.07) is 13.7. The number of nitrogens with one attached hydrogen (secondary N) is 1. The maximum absolute atomic E-state index is 6.26. The van der Waals surface area contributed by atoms with E-state index in [1.54, 1.807) is 0 Å². The van der Waals surface area contributed by atoms with Crippen LogP contribution >= 0.6 is 11.6 Å². The smallest absolute Gasteiger partial charge is 0.0521 e. The van der Waals surface area contributed by atoms with E-state index in [2.05, 4.69) is 5.43 Å². The maximum Gasteiger partial charge on any atom is 0.0521 e. The van der Waals surface area contributed by atoms with Crippen LogP contribution in [-0.4, -0.2) is 0 Å². The number of hydrazine groups is 1. The van der Waals surface area contributed by atoms with Gasteiger partial charge in [0.2, 0.25) is 0 Å². The van der Waals surface area contributed by atoms with Gasteiger partial charge in [-0.1, -0.05) is 41.9 Å². The van der Waals surface area contributed by atoms with Crippen molar-refractivity contribution in [2.24, 2.45) is 5.84 Å². The summed E-state index contributed by atoms with van der Waals surface area (Å²) in [6.07, 6.45) is 0.698. The van der Waals surface area contributed by atoms with E-state index in [-0.39, 0.29) is 6.04 Å². The number of aryl methyl sites for hydroxylation is 1. The molecule has 0 fully saturated rings. The highest BCUT2D eigenvalue weighted by Gasteiger charge is 2.14. The molecule has 0 heterocycles. The molecule has 0 bridgehead atoms. The fraction of sp³-hybridized carbons (Fsp3) is 0.200. The first-order valence-electron chi connectivity index (χ1n) is 6.17. The zero-order valence-electron chi connectivity index (χ0n) is 10.9. The lowest BCUT2D eigenvalue weighted by atomic mass is 9.97. The fourth-order valence-electron chi connectivity index (χ4n) is 2.12. The van der Waals surface area contributed by atoms with Gasteiger partial charge in [-0.2, -0.15) is 0 Å². The molecule has 0 spiro atoms. The summed E-state index contributed by atoms with van der Waals surface area (Å²) in [7, 11) is 0. The molecule has 0 aliphatic carbocycles. The summed E-state index contributed by atoms with van der Waals surface area (Å²) >= 11 is 6.26. The molecule has 0 aliphatic rings. The number of hydrogen-bond acceptors (Lipinski definition) is 3. The molecule has 0 aliphatic heterocycles. The Kier molecular flexibility index (Phi) is 4.43. The number of nitrogens with two attached hydrogens (primary N) is 2. The molecule has 0 saturated heterocycles. The molecular weight excluding hydrogens is 258 g/mol. The zero-order valence-corrected chi connectivity index (χ0v) is 11.6. The largest absolute Gasteiger partial charge is 0.398 e. The number of rotatable bonds is 4. The van der Waals surface area contributed by atoms with E-state index in [1.807, 2.05) is 49.4 Å². The van der Waals surface area contributed by atoms with Crippen molar-refractivity contribution in [2.75, 3.05) is 5.73 Å². The average Bonchev–Trinajstić information content (AvgIpc) is 2.39. The van der Waals surface area contributed by atoms with E-state index >= 15 is 0 Å². The second-order valence-electron chi connectivity index (χ2n) is 4.65. The Labute approximate surface area is 118 Å². The van der Waals surface area contributed by atoms with Crippen molar-refractivity contribution >= 4 is 17.3 Å². The summed E-state index contributed by atoms with van der Waals surface area (Å²) in [5.41, 5.74) is 12.7. The van der Waals surface area contributed by atoms with Crippen molar-refractivity contribution in [3.05, 3.63) is 64.2 Å². The minimum Gasteiger partial charge on any atom is -0.398 e. The topological polar surface area (TPSA) is 64.1 Å². The molecule has 19 heavy (non-hydrogen) atoms. The van der Waals surface area contributed by atoms with Gasteiger partial charge in [-0.3, -0.25) is 11.3 Å². The van der Waals surface area contributed by atoms with E-state index in [0.29, 0.717) is 6.42 Å². The molecule has 5 N–H and O–H groups in total. The predicted octanol–water partition coefficient (Wildman–Crippen LogP) is 2.98. The number of nitrogen functional groups attached to an aromatic ring is 1. The lowest BCUT2D eigenvalue weighted by molar-refractivity contribution is 0.553. The van der Waals surface area contributed by atoms with Crippen LogP contribution < -0.4 is 17.0 Å². The van der Waals surface area contributed by atoms with Gasteiger partial charge in [0.25, 0.3) is 0 Å². The van der Waals surface area contributed by atoms with Crippen LogP contribution in [0.2, 0.25) is 5.02 Å². The Morgan fingerprint density at radius 2 is 1.95 bits per heavy atom. The van der Waals surface area contributed by atoms with Crippen molar-refractivity contribution < 1.29 is 0 Å². The normalized spacial score (nSPS) is 12.4. The summed E-state index contributed by atoms with van der Waals surface area (Å²) in [6.45, 7) is 2.02. The highest BCUT2D eigenvalue weighted by atomic mass is 35.5. The first kappa shape index (κ1) is 13.9. The van der Waals surface area contributed by atoms with Gasteiger partial charge < -0.3 is 5.73 Å². The molecule has 2 aromatic rings. The van der Waals surface area contributed by atoms with Gasteiger partial charge in [0.05, 0.1) is 6.04 Å². The van der Waals surface area contributed by atoms with Crippen LogP contribution in [0, 0.1) is 6.92 Å². The van der Waals surface area contributed by atoms with Gasteiger partial charge in [0.1, 0.15) is 0 Å². The first-order chi connectivity index (χ1) is 9.11. The molecule has 3 nitrogen and oxygen atoms in total. The maximum atomic E-state index is 6.26. The third-order valence-electron chi connectivity index (χ3n) is 3.21. The SMILES string of the molecule is Cc1ccc(CC(NN)c2ccccc2N)c(Cl)c1. The third kappa shape index (κ3) is 3.26. The summed E-state index contributed by atoms with van der Waals surface area (Å²) in [5.74, 6) is 5.65. The second kappa shape index (κ2) is 6.06. The van der Waals surface area contributed by atoms with Crippen LogP contribution in [0.25, 0.3) is 0 Å². The number of para-hydroxylation sites is 1. The molecule has 100 valence electrons. The van der Waals surface area contributed by atoms with Gasteiger partial charge >= 0.3 is 0 Å². The minimum absolute atomic E-state index is 0.0543. The highest BCUT2D eigenvalue weighted by molar-refractivity contribution is 6.31. The molecule has 1 atom stereocenters. The standard InChI is InChI=1S/C15H18ClN3/c1-10-6-7-11(13(16)8-10)9-15(19-18)12-4-2-3-5-14(12)17/h2-8,15,19H,9,17-18H2,1H3. The first-order valence-corrected chi connectivity index (χ1v) is 6.55. The monoisotopic (exact) mass is 275 g/mol. The number of hydrogen-bond donors (Lipinski definition) is 3. The Morgan fingerprint density at radius 3 is 2.58 bits per heavy atom. The molecule has 0 radical (unpaired) electrons. The van der Waals surface area contributed by atoms with Crippen molar-refractivity contribution in [1.82, 2.24) is 5.43 Å². The summed E-state index contributed by atoms with van der Waals surface area (Å²) < 4.78 is 0. The van der Waals surface area contributed by atoms with Gasteiger partial charge in [0.15, 0.2) is 0 Å². The van der Waals surface area contributed by atoms with E-state index in [4.69, 9.17) is 23.2 Å². The zero-order chi connectivity index (χ0) is 13.8. The van der Waals surface area contributed by atoms with Crippen molar-refractivity contribution in [3.63, 3.8) is 0 Å². The predicted molar refractivity (Wildman–Crippen MR) is 80.8 cm³/mol. The Bertz CT molecular complexity index is 569. The van der Waals surface area contributed by atoms with Crippen LogP contribution in [0.1, 0.15) is 22.7 Å². The summed E-state index contributed by atoms with van der Waals surface area (Å²) in [5, 5.41) is 0.759. The minimum atomic E-state index is -0.0543. The van der Waals surface area contributed by atoms with E-state index < -0.39 is 0 Å². The van der Waals surface area contributed by atoms with Crippen molar-refractivity contribution in [1.29, 1.82) is 0 Å². The Hall–Kier alpha value is -1.55. The van der Waals surface area contributed by atoms with Crippen LogP contribution in [0.3, 0.4) is 0 Å². The van der Waals surface area contributed by atoms with Gasteiger partial charge in [-0.05, 0) is 42.2 Å². The Balaban J connectivity index is 2.27. The summed E-state index contributed by atoms with van der Waals surface area (Å²) in [4.78, 5) is 0. The highest BCUT2D eigenvalue weighted by Crippen LogP contribution is 2.26. The van der Waals surface area contributed by atoms with Crippen molar-refractivity contribution in [3.8, 4) is 0 Å². The van der Waals surface area contributed by atoms with Crippen LogP contribution in [0.15, 0.2) is 42.5 Å². The molecule has 4 heteroatoms. The quantitative estimate of drug-likeness (QED) is 0.457. The Morgan fingerprint density at radius 1 is 1.21 bits per heavy atom. The van der Waals surface area contributed by atoms with Gasteiger partial charge in [-0.25, -0.2) is 0 Å². The average molecular weight is 276 g/mol. The van der Waals surface area contributed by atoms with E-state index in [1.165, 1.54) is 0 Å². The van der Waals surface area contributed by atoms with Gasteiger partial charge in [-0.15, -0.1) is 0 Å². The van der Waals surface area contributed by atoms with E-state index in [0.717, 1.165) is 27.4 Å². The van der Waals surface area contributed by atoms with E-state index in [9.17, 15) is 0 Å². The van der Waals surface area contributed by atoms with Gasteiger partial charge in [0, 0.05) is 10.7 Å². The van der Waals surface area contributed by atoms with Crippen LogP contribution in [0.5, 0.6) is 0 Å². The lowest BCUT2D eigenvalue weighted by Crippen LogP contribution is -2.30. The molecule has 2 aromatic carbocycles. The molecule has 0 amide bonds. The third-order valence-corrected chi connectivity index (χ3v) is 3.56. The lowest BCUT2D eigenvalue weighted by Gasteiger charge is -2.19. The number of anilines is 1. The van der Waals surface area contributed by atoms with Crippen molar-refractivity contribution in [2.45, 2.75) is 19.4 Å². The number of halogens is 1. The van der Waals surface area contributed by atoms with Crippen LogP contribution in [-0.2, 0) is 6.42 Å².